The zero-order chi connectivity index (χ0) is 13.8. The number of ketones is 1. The molecule has 0 saturated heterocycles. The zero-order valence-electron chi connectivity index (χ0n) is 11.1. The summed E-state index contributed by atoms with van der Waals surface area (Å²) in [5.41, 5.74) is 1.22. The summed E-state index contributed by atoms with van der Waals surface area (Å²) in [6.07, 6.45) is 2.19. The molecule has 0 aliphatic heterocycles. The molecular weight excluding hydrogens is 242 g/mol. The smallest absolute Gasteiger partial charge is 0.230 e. The summed E-state index contributed by atoms with van der Waals surface area (Å²) in [5, 5.41) is 12.5. The molecule has 0 radical (unpaired) electrons. The lowest BCUT2D eigenvalue weighted by atomic mass is 10.0. The minimum Gasteiger partial charge on any atom is -0.392 e. The van der Waals surface area contributed by atoms with E-state index >= 15 is 0 Å². The van der Waals surface area contributed by atoms with Crippen LogP contribution in [0.2, 0.25) is 0 Å². The molecule has 1 aliphatic rings. The molecule has 4 heteroatoms. The fourth-order valence-corrected chi connectivity index (χ4v) is 2.46. The second-order valence-electron chi connectivity index (χ2n) is 4.95. The summed E-state index contributed by atoms with van der Waals surface area (Å²) >= 11 is 0. The van der Waals surface area contributed by atoms with Gasteiger partial charge in [-0.1, -0.05) is 19.1 Å². The maximum atomic E-state index is 12.0. The lowest BCUT2D eigenvalue weighted by molar-refractivity contribution is -0.122. The van der Waals surface area contributed by atoms with Crippen LogP contribution in [0.25, 0.3) is 0 Å². The van der Waals surface area contributed by atoms with Crippen LogP contribution in [0.5, 0.6) is 0 Å². The Morgan fingerprint density at radius 2 is 2.16 bits per heavy atom. The average Bonchev–Trinajstić information content (AvgIpc) is 2.84. The van der Waals surface area contributed by atoms with Crippen LogP contribution in [0.3, 0.4) is 0 Å². The second kappa shape index (κ2) is 5.97. The van der Waals surface area contributed by atoms with Gasteiger partial charge >= 0.3 is 0 Å². The number of carbonyl (C=O) groups excluding carboxylic acids is 2. The maximum Gasteiger partial charge on any atom is 0.230 e. The number of amides is 1. The van der Waals surface area contributed by atoms with Crippen molar-refractivity contribution in [2.75, 3.05) is 5.32 Å². The van der Waals surface area contributed by atoms with Gasteiger partial charge in [-0.15, -0.1) is 0 Å². The van der Waals surface area contributed by atoms with Crippen LogP contribution < -0.4 is 5.32 Å². The Hall–Kier alpha value is -1.68. The fraction of sp³-hybridized carbons (Fsp3) is 0.467. The SMILES string of the molecule is CCC(=O)c1cccc(NC(=O)C2CCCC2O)c1. The van der Waals surface area contributed by atoms with Crippen LogP contribution in [0, 0.1) is 5.92 Å². The van der Waals surface area contributed by atoms with Gasteiger partial charge in [0, 0.05) is 17.7 Å². The number of nitrogens with one attached hydrogen (secondary N) is 1. The maximum absolute atomic E-state index is 12.0. The number of benzene rings is 1. The van der Waals surface area contributed by atoms with Crippen molar-refractivity contribution in [1.29, 1.82) is 0 Å². The molecule has 2 N–H and O–H groups in total. The first-order chi connectivity index (χ1) is 9.11. The number of rotatable bonds is 4. The minimum absolute atomic E-state index is 0.0528. The summed E-state index contributed by atoms with van der Waals surface area (Å²) in [6, 6.07) is 6.94. The molecule has 1 aromatic rings. The molecule has 2 unspecified atom stereocenters. The van der Waals surface area contributed by atoms with Gasteiger partial charge in [0.25, 0.3) is 0 Å². The van der Waals surface area contributed by atoms with Crippen molar-refractivity contribution in [3.8, 4) is 0 Å². The number of aliphatic hydroxyl groups excluding tert-OH is 1. The summed E-state index contributed by atoms with van der Waals surface area (Å²) in [5.74, 6) is -0.436. The predicted octanol–water partition coefficient (Wildman–Crippen LogP) is 2.38. The largest absolute Gasteiger partial charge is 0.392 e. The Morgan fingerprint density at radius 3 is 2.79 bits per heavy atom. The van der Waals surface area contributed by atoms with Gasteiger partial charge in [-0.2, -0.15) is 0 Å². The van der Waals surface area contributed by atoms with Crippen molar-refractivity contribution in [3.63, 3.8) is 0 Å². The molecule has 102 valence electrons. The molecule has 1 amide bonds. The van der Waals surface area contributed by atoms with Crippen molar-refractivity contribution in [2.45, 2.75) is 38.7 Å². The van der Waals surface area contributed by atoms with Crippen molar-refractivity contribution in [1.82, 2.24) is 0 Å². The second-order valence-corrected chi connectivity index (χ2v) is 4.95. The molecule has 4 nitrogen and oxygen atoms in total. The molecule has 0 bridgehead atoms. The summed E-state index contributed by atoms with van der Waals surface area (Å²) < 4.78 is 0. The first-order valence-corrected chi connectivity index (χ1v) is 6.74. The number of anilines is 1. The Morgan fingerprint density at radius 1 is 1.37 bits per heavy atom. The van der Waals surface area contributed by atoms with Gasteiger partial charge in [0.05, 0.1) is 12.0 Å². The van der Waals surface area contributed by atoms with Crippen LogP contribution in [-0.2, 0) is 4.79 Å². The highest BCUT2D eigenvalue weighted by molar-refractivity contribution is 5.98. The van der Waals surface area contributed by atoms with Crippen molar-refractivity contribution in [3.05, 3.63) is 29.8 Å². The van der Waals surface area contributed by atoms with Gasteiger partial charge in [0.1, 0.15) is 0 Å². The monoisotopic (exact) mass is 261 g/mol. The lowest BCUT2D eigenvalue weighted by Crippen LogP contribution is -2.28. The first kappa shape index (κ1) is 13.7. The topological polar surface area (TPSA) is 66.4 Å². The van der Waals surface area contributed by atoms with Crippen molar-refractivity contribution < 1.29 is 14.7 Å². The van der Waals surface area contributed by atoms with E-state index in [1.54, 1.807) is 24.3 Å². The molecule has 1 saturated carbocycles. The van der Waals surface area contributed by atoms with E-state index in [4.69, 9.17) is 0 Å². The van der Waals surface area contributed by atoms with Gasteiger partial charge in [-0.3, -0.25) is 9.59 Å². The van der Waals surface area contributed by atoms with E-state index in [0.717, 1.165) is 12.8 Å². The van der Waals surface area contributed by atoms with Gasteiger partial charge in [0.15, 0.2) is 5.78 Å². The van der Waals surface area contributed by atoms with E-state index in [0.29, 0.717) is 24.1 Å². The van der Waals surface area contributed by atoms with E-state index in [9.17, 15) is 14.7 Å². The summed E-state index contributed by atoms with van der Waals surface area (Å²) in [6.45, 7) is 1.81. The number of aliphatic hydroxyl groups is 1. The van der Waals surface area contributed by atoms with E-state index in [2.05, 4.69) is 5.32 Å². The van der Waals surface area contributed by atoms with Gasteiger partial charge in [0.2, 0.25) is 5.91 Å². The van der Waals surface area contributed by atoms with Gasteiger partial charge in [-0.05, 0) is 31.4 Å². The zero-order valence-corrected chi connectivity index (χ0v) is 11.1. The molecule has 0 heterocycles. The molecular formula is C15H19NO3. The third kappa shape index (κ3) is 3.20. The molecule has 19 heavy (non-hydrogen) atoms. The van der Waals surface area contributed by atoms with E-state index in [1.165, 1.54) is 0 Å². The first-order valence-electron chi connectivity index (χ1n) is 6.74. The average molecular weight is 261 g/mol. The minimum atomic E-state index is -0.541. The number of carbonyl (C=O) groups is 2. The van der Waals surface area contributed by atoms with Crippen LogP contribution in [0.1, 0.15) is 43.0 Å². The van der Waals surface area contributed by atoms with Crippen LogP contribution in [-0.4, -0.2) is 22.9 Å². The Balaban J connectivity index is 2.06. The quantitative estimate of drug-likeness (QED) is 0.818. The summed E-state index contributed by atoms with van der Waals surface area (Å²) in [4.78, 5) is 23.6. The third-order valence-electron chi connectivity index (χ3n) is 3.59. The lowest BCUT2D eigenvalue weighted by Gasteiger charge is -2.14. The molecule has 1 fully saturated rings. The molecule has 2 rings (SSSR count). The van der Waals surface area contributed by atoms with Crippen molar-refractivity contribution in [2.24, 2.45) is 5.92 Å². The highest BCUT2D eigenvalue weighted by Gasteiger charge is 2.31. The van der Waals surface area contributed by atoms with Crippen molar-refractivity contribution >= 4 is 17.4 Å². The molecule has 0 aromatic heterocycles. The van der Waals surface area contributed by atoms with E-state index in [-0.39, 0.29) is 17.6 Å². The number of Topliss-reactive ketones (excluding diaryl/α,β-unsaturated/α-hetero) is 1. The number of hydrogen-bond acceptors (Lipinski definition) is 3. The highest BCUT2D eigenvalue weighted by Crippen LogP contribution is 2.26. The molecule has 1 aliphatic carbocycles. The third-order valence-corrected chi connectivity index (χ3v) is 3.59. The van der Waals surface area contributed by atoms with Crippen LogP contribution >= 0.6 is 0 Å². The standard InChI is InChI=1S/C15H19NO3/c1-2-13(17)10-5-3-6-11(9-10)16-15(19)12-7-4-8-14(12)18/h3,5-6,9,12,14,18H,2,4,7-8H2,1H3,(H,16,19). The number of hydrogen-bond donors (Lipinski definition) is 2. The Bertz CT molecular complexity index is 484. The molecule has 0 spiro atoms. The van der Waals surface area contributed by atoms with Crippen LogP contribution in [0.15, 0.2) is 24.3 Å². The highest BCUT2D eigenvalue weighted by atomic mass is 16.3. The van der Waals surface area contributed by atoms with Gasteiger partial charge in [-0.25, -0.2) is 0 Å². The van der Waals surface area contributed by atoms with E-state index in [1.807, 2.05) is 6.92 Å². The predicted molar refractivity (Wildman–Crippen MR) is 73.0 cm³/mol. The fourth-order valence-electron chi connectivity index (χ4n) is 2.46. The van der Waals surface area contributed by atoms with E-state index < -0.39 is 6.10 Å². The molecule has 2 atom stereocenters. The Labute approximate surface area is 112 Å². The Kier molecular flexibility index (Phi) is 4.32. The van der Waals surface area contributed by atoms with Crippen LogP contribution in [0.4, 0.5) is 5.69 Å². The normalized spacial score (nSPS) is 22.2. The van der Waals surface area contributed by atoms with Gasteiger partial charge < -0.3 is 10.4 Å². The summed E-state index contributed by atoms with van der Waals surface area (Å²) in [7, 11) is 0. The molecule has 1 aromatic carbocycles.